The van der Waals surface area contributed by atoms with E-state index in [0.29, 0.717) is 6.54 Å². The van der Waals surface area contributed by atoms with Gasteiger partial charge in [0.05, 0.1) is 24.6 Å². The number of hydrogen-bond acceptors (Lipinski definition) is 4. The first-order chi connectivity index (χ1) is 12.1. The van der Waals surface area contributed by atoms with E-state index in [-0.39, 0.29) is 18.3 Å². The third-order valence-electron chi connectivity index (χ3n) is 3.74. The molecule has 0 aliphatic heterocycles. The number of anilines is 1. The van der Waals surface area contributed by atoms with Gasteiger partial charge in [0.15, 0.2) is 0 Å². The van der Waals surface area contributed by atoms with Crippen LogP contribution in [0.25, 0.3) is 5.69 Å². The zero-order chi connectivity index (χ0) is 17.6. The van der Waals surface area contributed by atoms with Gasteiger partial charge in [-0.05, 0) is 35.9 Å². The van der Waals surface area contributed by atoms with E-state index in [2.05, 4.69) is 15.6 Å². The number of likely N-dealkylation sites (N-methyl/N-ethyl adjacent to an activating group) is 1. The second-order valence-electron chi connectivity index (χ2n) is 5.63. The standard InChI is InChI=1S/C18H18FN5O/c1-23(13-14-5-7-15(19)8-6-14)18(25)12-20-16-3-2-4-17(11-16)24-10-9-21-22-24/h2-11,20H,12-13H2,1H3. The minimum atomic E-state index is -0.285. The van der Waals surface area contributed by atoms with Crippen LogP contribution in [0.5, 0.6) is 0 Å². The average molecular weight is 339 g/mol. The predicted octanol–water partition coefficient (Wildman–Crippen LogP) is 2.48. The molecule has 0 aliphatic rings. The molecule has 0 bridgehead atoms. The molecule has 0 radical (unpaired) electrons. The van der Waals surface area contributed by atoms with Gasteiger partial charge in [0.25, 0.3) is 0 Å². The Morgan fingerprint density at radius 3 is 2.76 bits per heavy atom. The van der Waals surface area contributed by atoms with Crippen LogP contribution in [-0.4, -0.2) is 39.4 Å². The van der Waals surface area contributed by atoms with E-state index >= 15 is 0 Å². The van der Waals surface area contributed by atoms with Crippen LogP contribution >= 0.6 is 0 Å². The maximum Gasteiger partial charge on any atom is 0.241 e. The lowest BCUT2D eigenvalue weighted by atomic mass is 10.2. The van der Waals surface area contributed by atoms with Gasteiger partial charge in [-0.25, -0.2) is 9.07 Å². The van der Waals surface area contributed by atoms with Gasteiger partial charge in [0.2, 0.25) is 5.91 Å². The summed E-state index contributed by atoms with van der Waals surface area (Å²) in [7, 11) is 1.72. The average Bonchev–Trinajstić information content (AvgIpc) is 3.16. The van der Waals surface area contributed by atoms with Gasteiger partial charge in [-0.3, -0.25) is 4.79 Å². The molecule has 1 N–H and O–H groups in total. The van der Waals surface area contributed by atoms with Crippen LogP contribution in [0.1, 0.15) is 5.56 Å². The molecule has 2 aromatic carbocycles. The number of hydrogen-bond donors (Lipinski definition) is 1. The fourth-order valence-corrected chi connectivity index (χ4v) is 2.37. The first-order valence-electron chi connectivity index (χ1n) is 7.81. The van der Waals surface area contributed by atoms with Gasteiger partial charge < -0.3 is 10.2 Å². The number of rotatable bonds is 6. The van der Waals surface area contributed by atoms with Crippen molar-refractivity contribution in [3.05, 3.63) is 72.3 Å². The maximum atomic E-state index is 12.9. The van der Waals surface area contributed by atoms with Crippen molar-refractivity contribution in [3.63, 3.8) is 0 Å². The number of carbonyl (C=O) groups is 1. The summed E-state index contributed by atoms with van der Waals surface area (Å²) in [5.41, 5.74) is 2.55. The normalized spacial score (nSPS) is 10.5. The summed E-state index contributed by atoms with van der Waals surface area (Å²) in [5, 5.41) is 10.8. The lowest BCUT2D eigenvalue weighted by molar-refractivity contribution is -0.128. The van der Waals surface area contributed by atoms with Crippen LogP contribution in [0.2, 0.25) is 0 Å². The van der Waals surface area contributed by atoms with Crippen molar-refractivity contribution >= 4 is 11.6 Å². The van der Waals surface area contributed by atoms with E-state index in [0.717, 1.165) is 16.9 Å². The highest BCUT2D eigenvalue weighted by molar-refractivity contribution is 5.80. The van der Waals surface area contributed by atoms with E-state index in [4.69, 9.17) is 0 Å². The molecule has 7 heteroatoms. The topological polar surface area (TPSA) is 63.1 Å². The van der Waals surface area contributed by atoms with Gasteiger partial charge in [0, 0.05) is 19.3 Å². The second-order valence-corrected chi connectivity index (χ2v) is 5.63. The Balaban J connectivity index is 1.56. The van der Waals surface area contributed by atoms with Crippen LogP contribution in [0.15, 0.2) is 60.9 Å². The summed E-state index contributed by atoms with van der Waals surface area (Å²) in [6.07, 6.45) is 3.36. The van der Waals surface area contributed by atoms with Crippen LogP contribution in [-0.2, 0) is 11.3 Å². The highest BCUT2D eigenvalue weighted by Gasteiger charge is 2.09. The Hall–Kier alpha value is -3.22. The Labute approximate surface area is 144 Å². The van der Waals surface area contributed by atoms with Crippen LogP contribution in [0, 0.1) is 5.82 Å². The first-order valence-corrected chi connectivity index (χ1v) is 7.81. The molecule has 1 heterocycles. The van der Waals surface area contributed by atoms with E-state index in [1.54, 1.807) is 41.2 Å². The largest absolute Gasteiger partial charge is 0.376 e. The van der Waals surface area contributed by atoms with E-state index in [1.165, 1.54) is 12.1 Å². The second kappa shape index (κ2) is 7.57. The molecule has 1 amide bonds. The fraction of sp³-hybridized carbons (Fsp3) is 0.167. The zero-order valence-corrected chi connectivity index (χ0v) is 13.8. The Kier molecular flexibility index (Phi) is 5.03. The minimum Gasteiger partial charge on any atom is -0.376 e. The number of aromatic nitrogens is 3. The number of amides is 1. The zero-order valence-electron chi connectivity index (χ0n) is 13.8. The molecular weight excluding hydrogens is 321 g/mol. The lowest BCUT2D eigenvalue weighted by Crippen LogP contribution is -2.31. The molecule has 6 nitrogen and oxygen atoms in total. The summed E-state index contributed by atoms with van der Waals surface area (Å²) in [6.45, 7) is 0.596. The Morgan fingerprint density at radius 1 is 1.24 bits per heavy atom. The molecule has 0 aliphatic carbocycles. The molecule has 0 spiro atoms. The summed E-state index contributed by atoms with van der Waals surface area (Å²) in [5.74, 6) is -0.345. The van der Waals surface area contributed by atoms with Crippen molar-refractivity contribution in [1.82, 2.24) is 19.9 Å². The summed E-state index contributed by atoms with van der Waals surface area (Å²) < 4.78 is 14.6. The Bertz CT molecular complexity index is 833. The van der Waals surface area contributed by atoms with Gasteiger partial charge in [0.1, 0.15) is 5.82 Å². The van der Waals surface area contributed by atoms with Crippen molar-refractivity contribution in [1.29, 1.82) is 0 Å². The molecule has 0 saturated heterocycles. The predicted molar refractivity (Wildman–Crippen MR) is 92.7 cm³/mol. The number of nitrogens with one attached hydrogen (secondary N) is 1. The van der Waals surface area contributed by atoms with E-state index in [1.807, 2.05) is 24.3 Å². The van der Waals surface area contributed by atoms with Crippen LogP contribution in [0.3, 0.4) is 0 Å². The first kappa shape index (κ1) is 16.6. The molecule has 0 saturated carbocycles. The Morgan fingerprint density at radius 2 is 2.04 bits per heavy atom. The summed E-state index contributed by atoms with van der Waals surface area (Å²) >= 11 is 0. The van der Waals surface area contributed by atoms with Crippen LogP contribution < -0.4 is 5.32 Å². The molecule has 1 aromatic heterocycles. The van der Waals surface area contributed by atoms with Gasteiger partial charge in [-0.2, -0.15) is 0 Å². The molecule has 3 rings (SSSR count). The van der Waals surface area contributed by atoms with Crippen molar-refractivity contribution < 1.29 is 9.18 Å². The lowest BCUT2D eigenvalue weighted by Gasteiger charge is -2.18. The molecule has 0 atom stereocenters. The number of carbonyl (C=O) groups excluding carboxylic acids is 1. The smallest absolute Gasteiger partial charge is 0.241 e. The summed E-state index contributed by atoms with van der Waals surface area (Å²) in [6, 6.07) is 13.7. The van der Waals surface area contributed by atoms with E-state index < -0.39 is 0 Å². The van der Waals surface area contributed by atoms with Crippen molar-refractivity contribution in [3.8, 4) is 5.69 Å². The van der Waals surface area contributed by atoms with Gasteiger partial charge >= 0.3 is 0 Å². The van der Waals surface area contributed by atoms with E-state index in [9.17, 15) is 9.18 Å². The molecule has 3 aromatic rings. The van der Waals surface area contributed by atoms with Crippen LogP contribution in [0.4, 0.5) is 10.1 Å². The summed E-state index contributed by atoms with van der Waals surface area (Å²) in [4.78, 5) is 13.9. The molecule has 0 fully saturated rings. The third kappa shape index (κ3) is 4.41. The highest BCUT2D eigenvalue weighted by atomic mass is 19.1. The number of benzene rings is 2. The maximum absolute atomic E-state index is 12.9. The molecule has 0 unspecified atom stereocenters. The minimum absolute atomic E-state index is 0.0597. The SMILES string of the molecule is CN(Cc1ccc(F)cc1)C(=O)CNc1cccc(-n2ccnn2)c1. The monoisotopic (exact) mass is 339 g/mol. The van der Waals surface area contributed by atoms with Crippen molar-refractivity contribution in [2.75, 3.05) is 18.9 Å². The fourth-order valence-electron chi connectivity index (χ4n) is 2.37. The number of halogens is 1. The molecular formula is C18H18FN5O. The quantitative estimate of drug-likeness (QED) is 0.749. The number of nitrogens with zero attached hydrogens (tertiary/aromatic N) is 4. The van der Waals surface area contributed by atoms with Crippen molar-refractivity contribution in [2.24, 2.45) is 0 Å². The van der Waals surface area contributed by atoms with Gasteiger partial charge in [-0.1, -0.05) is 23.4 Å². The van der Waals surface area contributed by atoms with Gasteiger partial charge in [-0.15, -0.1) is 5.10 Å². The molecule has 128 valence electrons. The highest BCUT2D eigenvalue weighted by Crippen LogP contribution is 2.13. The molecule has 25 heavy (non-hydrogen) atoms. The van der Waals surface area contributed by atoms with Crippen molar-refractivity contribution in [2.45, 2.75) is 6.54 Å². The third-order valence-corrected chi connectivity index (χ3v) is 3.74.